The summed E-state index contributed by atoms with van der Waals surface area (Å²) in [5.74, 6) is 1.67. The van der Waals surface area contributed by atoms with E-state index in [1.807, 2.05) is 24.3 Å². The second-order valence-electron chi connectivity index (χ2n) is 9.61. The number of nitrogens with one attached hydrogen (secondary N) is 1. The van der Waals surface area contributed by atoms with Crippen LogP contribution in [0.5, 0.6) is 5.75 Å². The molecule has 1 N–H and O–H groups in total. The summed E-state index contributed by atoms with van der Waals surface area (Å²) < 4.78 is 7.37. The van der Waals surface area contributed by atoms with Gasteiger partial charge in [-0.3, -0.25) is 9.69 Å². The van der Waals surface area contributed by atoms with Crippen LogP contribution in [0.2, 0.25) is 0 Å². The van der Waals surface area contributed by atoms with Gasteiger partial charge in [-0.05, 0) is 59.7 Å². The van der Waals surface area contributed by atoms with Crippen LogP contribution in [0, 0.1) is 0 Å². The van der Waals surface area contributed by atoms with E-state index in [1.165, 1.54) is 38.5 Å². The van der Waals surface area contributed by atoms with E-state index in [0.29, 0.717) is 25.2 Å². The number of tetrazole rings is 1. The minimum absolute atomic E-state index is 0.0385. The smallest absolute Gasteiger partial charge is 0.252 e. The van der Waals surface area contributed by atoms with Gasteiger partial charge in [-0.15, -0.1) is 5.10 Å². The topological polar surface area (TPSA) is 88.9 Å². The van der Waals surface area contributed by atoms with E-state index in [-0.39, 0.29) is 5.56 Å². The van der Waals surface area contributed by atoms with Crippen LogP contribution in [0.1, 0.15) is 81.6 Å². The van der Waals surface area contributed by atoms with Gasteiger partial charge >= 0.3 is 0 Å². The van der Waals surface area contributed by atoms with E-state index >= 15 is 0 Å². The average molecular weight is 451 g/mol. The van der Waals surface area contributed by atoms with Crippen molar-refractivity contribution in [1.29, 1.82) is 0 Å². The van der Waals surface area contributed by atoms with Crippen LogP contribution in [-0.4, -0.2) is 43.2 Å². The van der Waals surface area contributed by atoms with Crippen molar-refractivity contribution in [2.45, 2.75) is 89.4 Å². The highest BCUT2D eigenvalue weighted by atomic mass is 16.5. The zero-order chi connectivity index (χ0) is 22.6. The van der Waals surface area contributed by atoms with Crippen LogP contribution < -0.4 is 10.3 Å². The van der Waals surface area contributed by atoms with Crippen LogP contribution in [0.4, 0.5) is 0 Å². The van der Waals surface area contributed by atoms with E-state index in [0.717, 1.165) is 53.7 Å². The number of methoxy groups -OCH3 is 1. The number of nitrogens with zero attached hydrogens (tertiary/aromatic N) is 5. The lowest BCUT2D eigenvalue weighted by Gasteiger charge is -2.34. The van der Waals surface area contributed by atoms with E-state index in [9.17, 15) is 4.79 Å². The van der Waals surface area contributed by atoms with Gasteiger partial charge in [0.1, 0.15) is 5.75 Å². The summed E-state index contributed by atoms with van der Waals surface area (Å²) in [5, 5.41) is 13.8. The number of pyridine rings is 1. The van der Waals surface area contributed by atoms with Gasteiger partial charge in [0.05, 0.1) is 25.2 Å². The largest absolute Gasteiger partial charge is 0.497 e. The number of hydrogen-bond donors (Lipinski definition) is 1. The Balaban J connectivity index is 1.42. The fraction of sp³-hybridized carbons (Fsp3) is 0.600. The maximum Gasteiger partial charge on any atom is 0.252 e. The normalized spacial score (nSPS) is 18.2. The van der Waals surface area contributed by atoms with Crippen molar-refractivity contribution in [3.63, 3.8) is 0 Å². The first-order valence-corrected chi connectivity index (χ1v) is 12.4. The van der Waals surface area contributed by atoms with Gasteiger partial charge < -0.3 is 9.72 Å². The second-order valence-corrected chi connectivity index (χ2v) is 9.61. The van der Waals surface area contributed by atoms with Gasteiger partial charge in [-0.2, -0.15) is 0 Å². The lowest BCUT2D eigenvalue weighted by atomic mass is 9.93. The van der Waals surface area contributed by atoms with Gasteiger partial charge in [0.15, 0.2) is 5.82 Å². The third-order valence-electron chi connectivity index (χ3n) is 7.42. The molecular formula is C25H34N6O2. The molecule has 0 radical (unpaired) electrons. The number of ether oxygens (including phenoxy) is 1. The van der Waals surface area contributed by atoms with Gasteiger partial charge in [0, 0.05) is 24.2 Å². The van der Waals surface area contributed by atoms with Crippen LogP contribution in [0.25, 0.3) is 10.9 Å². The molecular weight excluding hydrogens is 416 g/mol. The molecule has 2 fully saturated rings. The quantitative estimate of drug-likeness (QED) is 0.575. The SMILES string of the molecule is COc1ccc2cc(CN(Cc3nnnn3C3CCCCC3)C3CCCCC3)c(=O)[nH]c2c1. The zero-order valence-corrected chi connectivity index (χ0v) is 19.5. The molecule has 5 rings (SSSR count). The number of aromatic nitrogens is 5. The monoisotopic (exact) mass is 450 g/mol. The average Bonchev–Trinajstić information content (AvgIpc) is 3.33. The summed E-state index contributed by atoms with van der Waals surface area (Å²) in [5.41, 5.74) is 1.55. The first-order valence-electron chi connectivity index (χ1n) is 12.4. The highest BCUT2D eigenvalue weighted by Crippen LogP contribution is 2.30. The molecule has 0 atom stereocenters. The maximum absolute atomic E-state index is 13.0. The predicted octanol–water partition coefficient (Wildman–Crippen LogP) is 4.36. The van der Waals surface area contributed by atoms with Crippen molar-refractivity contribution >= 4 is 10.9 Å². The zero-order valence-electron chi connectivity index (χ0n) is 19.5. The van der Waals surface area contributed by atoms with Crippen LogP contribution in [0.3, 0.4) is 0 Å². The molecule has 3 aromatic rings. The highest BCUT2D eigenvalue weighted by Gasteiger charge is 2.26. The number of benzene rings is 1. The number of rotatable bonds is 7. The Morgan fingerprint density at radius 2 is 1.79 bits per heavy atom. The molecule has 176 valence electrons. The molecule has 0 amide bonds. The van der Waals surface area contributed by atoms with Gasteiger partial charge in [0.2, 0.25) is 0 Å². The Morgan fingerprint density at radius 1 is 1.03 bits per heavy atom. The fourth-order valence-corrected chi connectivity index (χ4v) is 5.56. The predicted molar refractivity (Wildman–Crippen MR) is 127 cm³/mol. The van der Waals surface area contributed by atoms with Crippen molar-refractivity contribution in [2.75, 3.05) is 7.11 Å². The number of fused-ring (bicyclic) bond motifs is 1. The van der Waals surface area contributed by atoms with Crippen molar-refractivity contribution < 1.29 is 4.74 Å². The van der Waals surface area contributed by atoms with Crippen LogP contribution >= 0.6 is 0 Å². The number of hydrogen-bond acceptors (Lipinski definition) is 6. The lowest BCUT2D eigenvalue weighted by Crippen LogP contribution is -2.38. The molecule has 8 nitrogen and oxygen atoms in total. The summed E-state index contributed by atoms with van der Waals surface area (Å²) in [7, 11) is 1.64. The van der Waals surface area contributed by atoms with Crippen molar-refractivity contribution in [3.05, 3.63) is 46.0 Å². The Bertz CT molecular complexity index is 1130. The highest BCUT2D eigenvalue weighted by molar-refractivity contribution is 5.80. The molecule has 33 heavy (non-hydrogen) atoms. The molecule has 2 aliphatic carbocycles. The van der Waals surface area contributed by atoms with Gasteiger partial charge in [-0.25, -0.2) is 4.68 Å². The minimum atomic E-state index is -0.0385. The van der Waals surface area contributed by atoms with Gasteiger partial charge in [0.25, 0.3) is 5.56 Å². The molecule has 0 spiro atoms. The molecule has 0 saturated heterocycles. The molecule has 2 aromatic heterocycles. The van der Waals surface area contributed by atoms with Crippen LogP contribution in [0.15, 0.2) is 29.1 Å². The lowest BCUT2D eigenvalue weighted by molar-refractivity contribution is 0.131. The summed E-state index contributed by atoms with van der Waals surface area (Å²) >= 11 is 0. The van der Waals surface area contributed by atoms with Crippen molar-refractivity contribution in [2.24, 2.45) is 0 Å². The minimum Gasteiger partial charge on any atom is -0.497 e. The molecule has 0 aliphatic heterocycles. The molecule has 2 aliphatic rings. The molecule has 2 heterocycles. The van der Waals surface area contributed by atoms with Gasteiger partial charge in [-0.1, -0.05) is 38.5 Å². The van der Waals surface area contributed by atoms with Crippen LogP contribution in [-0.2, 0) is 13.1 Å². The first-order chi connectivity index (χ1) is 16.2. The first kappa shape index (κ1) is 22.1. The summed E-state index contributed by atoms with van der Waals surface area (Å²) in [6.07, 6.45) is 12.2. The van der Waals surface area contributed by atoms with Crippen molar-refractivity contribution in [3.8, 4) is 5.75 Å². The summed E-state index contributed by atoms with van der Waals surface area (Å²) in [6.45, 7) is 1.27. The third kappa shape index (κ3) is 4.95. The van der Waals surface area contributed by atoms with Crippen molar-refractivity contribution in [1.82, 2.24) is 30.1 Å². The fourth-order valence-electron chi connectivity index (χ4n) is 5.56. The van der Waals surface area contributed by atoms with E-state index < -0.39 is 0 Å². The number of aromatic amines is 1. The Labute approximate surface area is 194 Å². The Hall–Kier alpha value is -2.74. The summed E-state index contributed by atoms with van der Waals surface area (Å²) in [6, 6.07) is 8.67. The molecule has 1 aromatic carbocycles. The van der Waals surface area contributed by atoms with E-state index in [1.54, 1.807) is 7.11 Å². The van der Waals surface area contributed by atoms with E-state index in [4.69, 9.17) is 4.74 Å². The Kier molecular flexibility index (Phi) is 6.71. The molecule has 2 saturated carbocycles. The number of H-pyrrole nitrogens is 1. The third-order valence-corrected chi connectivity index (χ3v) is 7.42. The molecule has 0 unspecified atom stereocenters. The molecule has 8 heteroatoms. The standard InChI is InChI=1S/C25H34N6O2/c1-33-22-13-12-18-14-19(25(32)26-23(18)15-22)16-30(20-8-4-2-5-9-20)17-24-27-28-29-31(24)21-10-6-3-7-11-21/h12-15,20-21H,2-11,16-17H2,1H3,(H,26,32). The Morgan fingerprint density at radius 3 is 2.55 bits per heavy atom. The van der Waals surface area contributed by atoms with E-state index in [2.05, 4.69) is 30.1 Å². The summed E-state index contributed by atoms with van der Waals surface area (Å²) in [4.78, 5) is 18.5. The maximum atomic E-state index is 13.0. The second kappa shape index (κ2) is 10.0. The molecule has 0 bridgehead atoms.